The Morgan fingerprint density at radius 2 is 2.00 bits per heavy atom. The molecule has 3 nitrogen and oxygen atoms in total. The van der Waals surface area contributed by atoms with Crippen molar-refractivity contribution in [1.29, 1.82) is 0 Å². The van der Waals surface area contributed by atoms with Gasteiger partial charge in [0.05, 0.1) is 6.33 Å². The summed E-state index contributed by atoms with van der Waals surface area (Å²) in [6.45, 7) is 1.17. The van der Waals surface area contributed by atoms with Gasteiger partial charge in [-0.15, -0.1) is 0 Å². The van der Waals surface area contributed by atoms with E-state index in [2.05, 4.69) is 27.7 Å². The number of nitrogens with zero attached hydrogens (tertiary/aromatic N) is 3. The number of piperidine rings is 1. The van der Waals surface area contributed by atoms with Crippen LogP contribution in [0.15, 0.2) is 18.7 Å². The summed E-state index contributed by atoms with van der Waals surface area (Å²) in [5.41, 5.74) is 0. The third-order valence-electron chi connectivity index (χ3n) is 4.22. The van der Waals surface area contributed by atoms with Crippen molar-refractivity contribution in [3.63, 3.8) is 0 Å². The SMILES string of the molecule is CN1C2CCC1CC(Cn1ccnc1)C2. The zero-order chi connectivity index (χ0) is 10.3. The van der Waals surface area contributed by atoms with E-state index in [1.54, 1.807) is 0 Å². The molecule has 3 heterocycles. The maximum atomic E-state index is 4.11. The Balaban J connectivity index is 1.65. The molecule has 2 aliphatic heterocycles. The zero-order valence-electron chi connectivity index (χ0n) is 9.34. The third-order valence-corrected chi connectivity index (χ3v) is 4.22. The largest absolute Gasteiger partial charge is 0.337 e. The van der Waals surface area contributed by atoms with Crippen LogP contribution in [-0.2, 0) is 6.54 Å². The number of fused-ring (bicyclic) bond motifs is 2. The predicted molar refractivity (Wildman–Crippen MR) is 59.5 cm³/mol. The van der Waals surface area contributed by atoms with Crippen molar-refractivity contribution in [2.75, 3.05) is 7.05 Å². The molecule has 15 heavy (non-hydrogen) atoms. The van der Waals surface area contributed by atoms with E-state index >= 15 is 0 Å². The first-order valence-corrected chi connectivity index (χ1v) is 6.00. The van der Waals surface area contributed by atoms with E-state index in [4.69, 9.17) is 0 Å². The lowest BCUT2D eigenvalue weighted by atomic mass is 9.91. The van der Waals surface area contributed by atoms with Gasteiger partial charge in [-0.3, -0.25) is 0 Å². The molecule has 3 heteroatoms. The van der Waals surface area contributed by atoms with E-state index in [-0.39, 0.29) is 0 Å². The van der Waals surface area contributed by atoms with Crippen molar-refractivity contribution < 1.29 is 0 Å². The normalized spacial score (nSPS) is 35.9. The van der Waals surface area contributed by atoms with Gasteiger partial charge in [-0.2, -0.15) is 0 Å². The summed E-state index contributed by atoms with van der Waals surface area (Å²) >= 11 is 0. The lowest BCUT2D eigenvalue weighted by Gasteiger charge is -2.36. The second kappa shape index (κ2) is 3.63. The van der Waals surface area contributed by atoms with E-state index < -0.39 is 0 Å². The highest BCUT2D eigenvalue weighted by Gasteiger charge is 2.38. The highest BCUT2D eigenvalue weighted by atomic mass is 15.2. The van der Waals surface area contributed by atoms with Gasteiger partial charge in [0, 0.05) is 31.0 Å². The van der Waals surface area contributed by atoms with Crippen LogP contribution in [0, 0.1) is 5.92 Å². The molecule has 1 aromatic rings. The minimum absolute atomic E-state index is 0.859. The van der Waals surface area contributed by atoms with Crippen LogP contribution in [0.2, 0.25) is 0 Å². The van der Waals surface area contributed by atoms with Crippen LogP contribution >= 0.6 is 0 Å². The Hall–Kier alpha value is -0.830. The van der Waals surface area contributed by atoms with Crippen LogP contribution < -0.4 is 0 Å². The number of rotatable bonds is 2. The average molecular weight is 205 g/mol. The molecular formula is C12H19N3. The van der Waals surface area contributed by atoms with Crippen molar-refractivity contribution in [3.8, 4) is 0 Å². The second-order valence-corrected chi connectivity index (χ2v) is 5.15. The summed E-state index contributed by atoms with van der Waals surface area (Å²) < 4.78 is 2.23. The molecule has 2 saturated heterocycles. The zero-order valence-corrected chi connectivity index (χ0v) is 9.34. The van der Waals surface area contributed by atoms with Crippen LogP contribution in [0.1, 0.15) is 25.7 Å². The van der Waals surface area contributed by atoms with Gasteiger partial charge < -0.3 is 9.47 Å². The minimum Gasteiger partial charge on any atom is -0.337 e. The fraction of sp³-hybridized carbons (Fsp3) is 0.750. The Morgan fingerprint density at radius 3 is 2.60 bits per heavy atom. The van der Waals surface area contributed by atoms with Gasteiger partial charge in [-0.1, -0.05) is 0 Å². The first-order chi connectivity index (χ1) is 7.33. The van der Waals surface area contributed by atoms with Crippen LogP contribution in [-0.4, -0.2) is 33.6 Å². The van der Waals surface area contributed by atoms with Crippen molar-refractivity contribution in [2.24, 2.45) is 5.92 Å². The maximum absolute atomic E-state index is 4.11. The molecule has 3 rings (SSSR count). The molecule has 0 aromatic carbocycles. The highest BCUT2D eigenvalue weighted by Crippen LogP contribution is 2.37. The standard InChI is InChI=1S/C12H19N3/c1-14-11-2-3-12(14)7-10(6-11)8-15-5-4-13-9-15/h4-5,9-12H,2-3,6-8H2,1H3. The van der Waals surface area contributed by atoms with Gasteiger partial charge in [-0.25, -0.2) is 4.98 Å². The number of hydrogen-bond donors (Lipinski definition) is 0. The van der Waals surface area contributed by atoms with E-state index in [9.17, 15) is 0 Å². The summed E-state index contributed by atoms with van der Waals surface area (Å²) in [5, 5.41) is 0. The molecule has 0 spiro atoms. The van der Waals surface area contributed by atoms with E-state index in [1.165, 1.54) is 32.2 Å². The molecule has 0 amide bonds. The molecule has 82 valence electrons. The first-order valence-electron chi connectivity index (χ1n) is 6.00. The maximum Gasteiger partial charge on any atom is 0.0945 e. The van der Waals surface area contributed by atoms with Crippen molar-refractivity contribution in [3.05, 3.63) is 18.7 Å². The predicted octanol–water partition coefficient (Wildman–Crippen LogP) is 1.76. The van der Waals surface area contributed by atoms with E-state index in [0.29, 0.717) is 0 Å². The summed E-state index contributed by atoms with van der Waals surface area (Å²) in [6.07, 6.45) is 11.5. The molecular weight excluding hydrogens is 186 g/mol. The molecule has 2 unspecified atom stereocenters. The third kappa shape index (κ3) is 1.69. The van der Waals surface area contributed by atoms with Crippen LogP contribution in [0.4, 0.5) is 0 Å². The van der Waals surface area contributed by atoms with Gasteiger partial charge in [0.2, 0.25) is 0 Å². The summed E-state index contributed by atoms with van der Waals surface area (Å²) in [7, 11) is 2.30. The van der Waals surface area contributed by atoms with Crippen molar-refractivity contribution >= 4 is 0 Å². The lowest BCUT2D eigenvalue weighted by molar-refractivity contribution is 0.125. The van der Waals surface area contributed by atoms with Gasteiger partial charge in [-0.05, 0) is 38.6 Å². The molecule has 0 N–H and O–H groups in total. The number of imidazole rings is 1. The van der Waals surface area contributed by atoms with E-state index in [0.717, 1.165) is 18.0 Å². The Bertz CT molecular complexity index is 306. The monoisotopic (exact) mass is 205 g/mol. The van der Waals surface area contributed by atoms with Gasteiger partial charge >= 0.3 is 0 Å². The Kier molecular flexibility index (Phi) is 2.28. The van der Waals surface area contributed by atoms with Gasteiger partial charge in [0.1, 0.15) is 0 Å². The quantitative estimate of drug-likeness (QED) is 0.733. The summed E-state index contributed by atoms with van der Waals surface area (Å²) in [6, 6.07) is 1.72. The van der Waals surface area contributed by atoms with Crippen molar-refractivity contribution in [1.82, 2.24) is 14.5 Å². The van der Waals surface area contributed by atoms with Crippen molar-refractivity contribution in [2.45, 2.75) is 44.3 Å². The van der Waals surface area contributed by atoms with Crippen LogP contribution in [0.5, 0.6) is 0 Å². The average Bonchev–Trinajstić information content (AvgIpc) is 2.76. The molecule has 0 aliphatic carbocycles. The van der Waals surface area contributed by atoms with Gasteiger partial charge in [0.25, 0.3) is 0 Å². The fourth-order valence-electron chi connectivity index (χ4n) is 3.37. The summed E-state index contributed by atoms with van der Waals surface area (Å²) in [4.78, 5) is 6.71. The van der Waals surface area contributed by atoms with E-state index in [1.807, 2.05) is 12.5 Å². The van der Waals surface area contributed by atoms with Crippen LogP contribution in [0.25, 0.3) is 0 Å². The molecule has 0 radical (unpaired) electrons. The molecule has 2 bridgehead atoms. The number of aromatic nitrogens is 2. The smallest absolute Gasteiger partial charge is 0.0945 e. The highest BCUT2D eigenvalue weighted by molar-refractivity contribution is 4.93. The molecule has 2 atom stereocenters. The first kappa shape index (κ1) is 9.40. The van der Waals surface area contributed by atoms with Crippen LogP contribution in [0.3, 0.4) is 0 Å². The minimum atomic E-state index is 0.859. The molecule has 1 aromatic heterocycles. The van der Waals surface area contributed by atoms with Gasteiger partial charge in [0.15, 0.2) is 0 Å². The topological polar surface area (TPSA) is 21.1 Å². The Morgan fingerprint density at radius 1 is 1.27 bits per heavy atom. The second-order valence-electron chi connectivity index (χ2n) is 5.15. The lowest BCUT2D eigenvalue weighted by Crippen LogP contribution is -2.40. The summed E-state index contributed by atoms with van der Waals surface area (Å²) in [5.74, 6) is 0.868. The molecule has 2 aliphatic rings. The molecule has 0 saturated carbocycles. The fourth-order valence-corrected chi connectivity index (χ4v) is 3.37. The molecule has 2 fully saturated rings. The Labute approximate surface area is 91.1 Å². The number of hydrogen-bond acceptors (Lipinski definition) is 2.